The molecule has 0 radical (unpaired) electrons. The van der Waals surface area contributed by atoms with Crippen LogP contribution in [0.3, 0.4) is 0 Å². The molecule has 45 heavy (non-hydrogen) atoms. The van der Waals surface area contributed by atoms with Crippen molar-refractivity contribution in [3.05, 3.63) is 163 Å². The van der Waals surface area contributed by atoms with E-state index in [1.807, 2.05) is 66.9 Å². The molecule has 0 aliphatic carbocycles. The lowest BCUT2D eigenvalue weighted by atomic mass is 9.97. The van der Waals surface area contributed by atoms with Crippen LogP contribution in [0.25, 0.3) is 42.4 Å². The van der Waals surface area contributed by atoms with E-state index in [4.69, 9.17) is 9.98 Å². The third kappa shape index (κ3) is 6.18. The van der Waals surface area contributed by atoms with E-state index in [0.29, 0.717) is 5.84 Å². The maximum Gasteiger partial charge on any atom is 0.158 e. The number of nitrogens with one attached hydrogen (secondary N) is 2. The second-order valence-electron chi connectivity index (χ2n) is 10.8. The van der Waals surface area contributed by atoms with Gasteiger partial charge in [-0.05, 0) is 53.6 Å². The lowest BCUT2D eigenvalue weighted by molar-refractivity contribution is 0.625. The Bertz CT molecular complexity index is 2120. The summed E-state index contributed by atoms with van der Waals surface area (Å²) in [6, 6.07) is 52.7. The molecular weight excluding hydrogens is 569 g/mol. The highest BCUT2D eigenvalue weighted by Gasteiger charge is 2.14. The molecule has 1 atom stereocenters. The van der Waals surface area contributed by atoms with Crippen molar-refractivity contribution in [1.82, 2.24) is 5.32 Å². The van der Waals surface area contributed by atoms with Crippen LogP contribution in [0, 0.1) is 0 Å². The summed E-state index contributed by atoms with van der Waals surface area (Å²) in [5.41, 5.74) is 7.65. The van der Waals surface area contributed by atoms with Gasteiger partial charge in [-0.15, -0.1) is 11.3 Å². The molecule has 5 heteroatoms. The molecule has 4 nitrogen and oxygen atoms in total. The first kappa shape index (κ1) is 28.4. The molecular formula is C40H32N4S. The van der Waals surface area contributed by atoms with Crippen molar-refractivity contribution in [2.45, 2.75) is 6.17 Å². The molecule has 0 aliphatic rings. The first-order chi connectivity index (χ1) is 22.3. The summed E-state index contributed by atoms with van der Waals surface area (Å²) in [6.07, 6.45) is 1.53. The summed E-state index contributed by atoms with van der Waals surface area (Å²) in [5.74, 6) is 0.640. The first-order valence-corrected chi connectivity index (χ1v) is 15.8. The van der Waals surface area contributed by atoms with Crippen LogP contribution in [0.1, 0.15) is 17.3 Å². The maximum atomic E-state index is 5.04. The third-order valence-electron chi connectivity index (χ3n) is 7.88. The predicted octanol–water partition coefficient (Wildman–Crippen LogP) is 10.2. The van der Waals surface area contributed by atoms with Crippen LogP contribution in [0.4, 0.5) is 5.69 Å². The smallest absolute Gasteiger partial charge is 0.158 e. The number of benzene rings is 6. The molecule has 0 fully saturated rings. The van der Waals surface area contributed by atoms with Gasteiger partial charge in [0.25, 0.3) is 0 Å². The highest BCUT2D eigenvalue weighted by atomic mass is 32.1. The van der Waals surface area contributed by atoms with E-state index in [1.165, 1.54) is 31.3 Å². The molecule has 7 rings (SSSR count). The van der Waals surface area contributed by atoms with Crippen LogP contribution in [0.15, 0.2) is 162 Å². The molecule has 0 aliphatic heterocycles. The molecule has 0 bridgehead atoms. The van der Waals surface area contributed by atoms with Crippen LogP contribution in [-0.4, -0.2) is 19.2 Å². The van der Waals surface area contributed by atoms with Gasteiger partial charge in [-0.25, -0.2) is 9.98 Å². The summed E-state index contributed by atoms with van der Waals surface area (Å²) < 4.78 is 2.53. The zero-order valence-corrected chi connectivity index (χ0v) is 25.7. The fraction of sp³-hybridized carbons (Fsp3) is 0.0500. The number of rotatable bonds is 8. The van der Waals surface area contributed by atoms with E-state index in [-0.39, 0.29) is 6.17 Å². The van der Waals surface area contributed by atoms with Crippen LogP contribution in [-0.2, 0) is 0 Å². The summed E-state index contributed by atoms with van der Waals surface area (Å²) >= 11 is 1.83. The number of fused-ring (bicyclic) bond motifs is 3. The van der Waals surface area contributed by atoms with Gasteiger partial charge in [0.15, 0.2) is 5.84 Å². The number of hydrogen-bond donors (Lipinski definition) is 2. The van der Waals surface area contributed by atoms with Crippen molar-refractivity contribution in [3.8, 4) is 22.3 Å². The van der Waals surface area contributed by atoms with Gasteiger partial charge in [0, 0.05) is 37.0 Å². The number of amidine groups is 1. The molecule has 6 aromatic carbocycles. The zero-order chi connectivity index (χ0) is 30.4. The summed E-state index contributed by atoms with van der Waals surface area (Å²) in [6.45, 7) is 0. The minimum atomic E-state index is -0.233. The van der Waals surface area contributed by atoms with Crippen LogP contribution in [0.5, 0.6) is 0 Å². The van der Waals surface area contributed by atoms with Crippen molar-refractivity contribution in [2.75, 3.05) is 12.4 Å². The Balaban J connectivity index is 1.31. The largest absolute Gasteiger partial charge is 0.346 e. The number of hydrogen-bond acceptors (Lipinski definition) is 3. The topological polar surface area (TPSA) is 48.8 Å². The minimum absolute atomic E-state index is 0.233. The Morgan fingerprint density at radius 1 is 0.622 bits per heavy atom. The standard InChI is InChI=1S/C40H32N4S/c1-41-39(29-16-7-3-8-17-29)44-40(30-18-9-4-10-19-30)43-27-42-36-25-35-33-22-11-12-23-37(33)45-38(35)26-34(36)32-21-13-20-31(24-32)28-14-5-2-6-15-28/h2-27,39,41H,1H3,(H,42,43,44). The van der Waals surface area contributed by atoms with Gasteiger partial charge in [-0.1, -0.05) is 127 Å². The van der Waals surface area contributed by atoms with E-state index >= 15 is 0 Å². The molecule has 0 saturated heterocycles. The molecule has 1 unspecified atom stereocenters. The maximum absolute atomic E-state index is 5.04. The molecule has 218 valence electrons. The van der Waals surface area contributed by atoms with Gasteiger partial charge < -0.3 is 5.32 Å². The molecule has 7 aromatic rings. The molecule has 1 heterocycles. The predicted molar refractivity (Wildman–Crippen MR) is 194 cm³/mol. The number of aliphatic imine (C=N–C) groups is 2. The van der Waals surface area contributed by atoms with Crippen molar-refractivity contribution in [3.63, 3.8) is 0 Å². The van der Waals surface area contributed by atoms with Crippen LogP contribution < -0.4 is 10.6 Å². The van der Waals surface area contributed by atoms with Crippen molar-refractivity contribution in [1.29, 1.82) is 0 Å². The average Bonchev–Trinajstić information content (AvgIpc) is 3.48. The van der Waals surface area contributed by atoms with E-state index in [1.54, 1.807) is 6.34 Å². The summed E-state index contributed by atoms with van der Waals surface area (Å²) in [4.78, 5) is 9.95. The van der Waals surface area contributed by atoms with Crippen molar-refractivity contribution in [2.24, 2.45) is 9.98 Å². The van der Waals surface area contributed by atoms with Gasteiger partial charge in [0.05, 0.1) is 6.34 Å². The second-order valence-corrected chi connectivity index (χ2v) is 11.8. The lowest BCUT2D eigenvalue weighted by Gasteiger charge is -2.14. The highest BCUT2D eigenvalue weighted by molar-refractivity contribution is 7.25. The fourth-order valence-electron chi connectivity index (χ4n) is 5.62. The normalized spacial score (nSPS) is 12.6. The number of thiophene rings is 1. The average molecular weight is 601 g/mol. The summed E-state index contributed by atoms with van der Waals surface area (Å²) in [5, 5.41) is 9.38. The SMILES string of the molecule is CNC(N=C(N=CNc1cc2c(cc1-c1cccc(-c3ccccc3)c1)sc1ccccc12)c1ccccc1)c1ccccc1. The second kappa shape index (κ2) is 13.1. The van der Waals surface area contributed by atoms with Gasteiger partial charge in [0.2, 0.25) is 0 Å². The van der Waals surface area contributed by atoms with Crippen LogP contribution >= 0.6 is 11.3 Å². The van der Waals surface area contributed by atoms with Crippen LogP contribution in [0.2, 0.25) is 0 Å². The van der Waals surface area contributed by atoms with E-state index in [0.717, 1.165) is 27.9 Å². The van der Waals surface area contributed by atoms with Crippen molar-refractivity contribution >= 4 is 49.4 Å². The summed E-state index contributed by atoms with van der Waals surface area (Å²) in [7, 11) is 1.92. The Labute approximate surface area is 267 Å². The Hall–Kier alpha value is -5.36. The number of anilines is 1. The minimum Gasteiger partial charge on any atom is -0.346 e. The van der Waals surface area contributed by atoms with Gasteiger partial charge in [-0.2, -0.15) is 0 Å². The number of nitrogens with zero attached hydrogens (tertiary/aromatic N) is 2. The third-order valence-corrected chi connectivity index (χ3v) is 9.01. The Morgan fingerprint density at radius 2 is 1.29 bits per heavy atom. The van der Waals surface area contributed by atoms with Gasteiger partial charge >= 0.3 is 0 Å². The van der Waals surface area contributed by atoms with E-state index < -0.39 is 0 Å². The molecule has 1 aromatic heterocycles. The van der Waals surface area contributed by atoms with E-state index in [2.05, 4.69) is 114 Å². The van der Waals surface area contributed by atoms with Gasteiger partial charge in [-0.3, -0.25) is 5.32 Å². The Morgan fingerprint density at radius 3 is 2.07 bits per heavy atom. The zero-order valence-electron chi connectivity index (χ0n) is 24.9. The molecule has 0 amide bonds. The van der Waals surface area contributed by atoms with Gasteiger partial charge in [0.1, 0.15) is 6.17 Å². The first-order valence-electron chi connectivity index (χ1n) is 15.0. The van der Waals surface area contributed by atoms with E-state index in [9.17, 15) is 0 Å². The lowest BCUT2D eigenvalue weighted by Crippen LogP contribution is -2.16. The molecule has 2 N–H and O–H groups in total. The van der Waals surface area contributed by atoms with Crippen molar-refractivity contribution < 1.29 is 0 Å². The Kier molecular flexibility index (Phi) is 8.27. The molecule has 0 saturated carbocycles. The highest BCUT2D eigenvalue weighted by Crippen LogP contribution is 2.41. The monoisotopic (exact) mass is 600 g/mol. The fourth-order valence-corrected chi connectivity index (χ4v) is 6.75. The quantitative estimate of drug-likeness (QED) is 0.135. The molecule has 0 spiro atoms.